The third-order valence-electron chi connectivity index (χ3n) is 1.98. The van der Waals surface area contributed by atoms with Gasteiger partial charge in [0.2, 0.25) is 5.96 Å². The smallest absolute Gasteiger partial charge is 0.211 e. The first-order valence-corrected chi connectivity index (χ1v) is 6.11. The van der Waals surface area contributed by atoms with Crippen LogP contribution in [0.4, 0.5) is 0 Å². The van der Waals surface area contributed by atoms with Crippen molar-refractivity contribution >= 4 is 28.1 Å². The van der Waals surface area contributed by atoms with Crippen LogP contribution < -0.4 is 20.9 Å². The van der Waals surface area contributed by atoms with Crippen molar-refractivity contribution in [2.45, 2.75) is 0 Å². The molecule has 0 atom stereocenters. The molecule has 1 rings (SSSR count). The summed E-state index contributed by atoms with van der Waals surface area (Å²) in [6, 6.07) is 3.57. The fourth-order valence-corrected chi connectivity index (χ4v) is 1.83. The second kappa shape index (κ2) is 7.42. The number of nitrogens with zero attached hydrogens (tertiary/aromatic N) is 2. The number of rotatable bonds is 6. The molecule has 6 nitrogen and oxygen atoms in total. The van der Waals surface area contributed by atoms with Gasteiger partial charge >= 0.3 is 0 Å². The van der Waals surface area contributed by atoms with Crippen LogP contribution in [0.1, 0.15) is 5.56 Å². The predicted octanol–water partition coefficient (Wildman–Crippen LogP) is 1.63. The van der Waals surface area contributed by atoms with Gasteiger partial charge in [-0.1, -0.05) is 12.7 Å². The van der Waals surface area contributed by atoms with E-state index in [0.717, 1.165) is 10.0 Å². The van der Waals surface area contributed by atoms with Gasteiger partial charge in [0.05, 0.1) is 17.8 Å². The van der Waals surface area contributed by atoms with Crippen molar-refractivity contribution in [3.8, 4) is 11.5 Å². The van der Waals surface area contributed by atoms with Gasteiger partial charge in [0, 0.05) is 0 Å². The van der Waals surface area contributed by atoms with Crippen LogP contribution in [-0.4, -0.2) is 25.9 Å². The average Bonchev–Trinajstić information content (AvgIpc) is 2.36. The molecule has 0 spiro atoms. The summed E-state index contributed by atoms with van der Waals surface area (Å²) in [7, 11) is 1.56. The highest BCUT2D eigenvalue weighted by Crippen LogP contribution is 2.36. The molecule has 0 heterocycles. The Morgan fingerprint density at radius 3 is 2.79 bits per heavy atom. The third-order valence-corrected chi connectivity index (χ3v) is 2.57. The van der Waals surface area contributed by atoms with Gasteiger partial charge in [-0.25, -0.2) is 0 Å². The third kappa shape index (κ3) is 4.63. The Balaban J connectivity index is 3.05. The number of halogens is 1. The van der Waals surface area contributed by atoms with Crippen LogP contribution in [0.2, 0.25) is 0 Å². The number of methoxy groups -OCH3 is 1. The second-order valence-corrected chi connectivity index (χ2v) is 4.26. The fraction of sp³-hybridized carbons (Fsp3) is 0.167. The maximum atomic E-state index is 5.50. The van der Waals surface area contributed by atoms with Gasteiger partial charge in [0.1, 0.15) is 6.61 Å². The summed E-state index contributed by atoms with van der Waals surface area (Å²) in [6.45, 7) is 3.98. The van der Waals surface area contributed by atoms with E-state index in [-0.39, 0.29) is 5.96 Å². The van der Waals surface area contributed by atoms with E-state index >= 15 is 0 Å². The van der Waals surface area contributed by atoms with Gasteiger partial charge in [-0.05, 0) is 33.6 Å². The number of nitrogens with two attached hydrogens (primary N) is 2. The van der Waals surface area contributed by atoms with E-state index in [0.29, 0.717) is 18.1 Å². The van der Waals surface area contributed by atoms with Gasteiger partial charge in [-0.15, -0.1) is 5.10 Å². The largest absolute Gasteiger partial charge is 0.493 e. The standard InChI is InChI=1S/C12H15BrN4O2/c1-3-4-19-11-9(13)5-8(6-10(11)18-2)7-16-17-12(14)15/h3,5-7H,1,4H2,2H3,(H4,14,15,17). The molecule has 0 aliphatic heterocycles. The maximum Gasteiger partial charge on any atom is 0.211 e. The molecular formula is C12H15BrN4O2. The summed E-state index contributed by atoms with van der Waals surface area (Å²) < 4.78 is 11.5. The molecular weight excluding hydrogens is 312 g/mol. The molecule has 102 valence electrons. The summed E-state index contributed by atoms with van der Waals surface area (Å²) in [5, 5.41) is 7.25. The first-order chi connectivity index (χ1) is 9.08. The lowest BCUT2D eigenvalue weighted by atomic mass is 10.2. The van der Waals surface area contributed by atoms with E-state index in [9.17, 15) is 0 Å². The lowest BCUT2D eigenvalue weighted by Crippen LogP contribution is -2.21. The molecule has 0 aliphatic rings. The second-order valence-electron chi connectivity index (χ2n) is 3.40. The SMILES string of the molecule is C=CCOc1c(Br)cc(C=NN=C(N)N)cc1OC. The monoisotopic (exact) mass is 326 g/mol. The Labute approximate surface area is 119 Å². The fourth-order valence-electron chi connectivity index (χ4n) is 1.26. The molecule has 0 aromatic heterocycles. The lowest BCUT2D eigenvalue weighted by molar-refractivity contribution is 0.324. The van der Waals surface area contributed by atoms with Crippen LogP contribution in [0.3, 0.4) is 0 Å². The first-order valence-electron chi connectivity index (χ1n) is 5.31. The van der Waals surface area contributed by atoms with Crippen molar-refractivity contribution in [3.63, 3.8) is 0 Å². The average molecular weight is 327 g/mol. The number of benzene rings is 1. The predicted molar refractivity (Wildman–Crippen MR) is 79.8 cm³/mol. The number of hydrogen-bond donors (Lipinski definition) is 2. The van der Waals surface area contributed by atoms with E-state index in [4.69, 9.17) is 20.9 Å². The summed E-state index contributed by atoms with van der Waals surface area (Å²) in [5.41, 5.74) is 11.1. The molecule has 19 heavy (non-hydrogen) atoms. The van der Waals surface area contributed by atoms with Gasteiger partial charge in [-0.3, -0.25) is 0 Å². The minimum absolute atomic E-state index is 0.104. The Kier molecular flexibility index (Phi) is 5.87. The minimum Gasteiger partial charge on any atom is -0.493 e. The van der Waals surface area contributed by atoms with Crippen LogP contribution in [0, 0.1) is 0 Å². The molecule has 4 N–H and O–H groups in total. The lowest BCUT2D eigenvalue weighted by Gasteiger charge is -2.11. The highest BCUT2D eigenvalue weighted by atomic mass is 79.9. The van der Waals surface area contributed by atoms with E-state index < -0.39 is 0 Å². The topological polar surface area (TPSA) is 95.2 Å². The normalized spacial score (nSPS) is 10.2. The molecule has 1 aromatic rings. The van der Waals surface area contributed by atoms with Crippen LogP contribution >= 0.6 is 15.9 Å². The molecule has 0 saturated heterocycles. The molecule has 0 radical (unpaired) electrons. The van der Waals surface area contributed by atoms with Crippen molar-refractivity contribution in [1.82, 2.24) is 0 Å². The Bertz CT molecular complexity index is 511. The number of ether oxygens (including phenoxy) is 2. The van der Waals surface area contributed by atoms with E-state index in [1.54, 1.807) is 19.3 Å². The van der Waals surface area contributed by atoms with Gasteiger partial charge in [0.15, 0.2) is 11.5 Å². The Morgan fingerprint density at radius 1 is 1.47 bits per heavy atom. The van der Waals surface area contributed by atoms with Crippen LogP contribution in [0.25, 0.3) is 0 Å². The van der Waals surface area contributed by atoms with Gasteiger partial charge in [0.25, 0.3) is 0 Å². The molecule has 7 heteroatoms. The van der Waals surface area contributed by atoms with E-state index in [2.05, 4.69) is 32.7 Å². The van der Waals surface area contributed by atoms with Crippen molar-refractivity contribution in [3.05, 3.63) is 34.8 Å². The zero-order valence-electron chi connectivity index (χ0n) is 10.5. The van der Waals surface area contributed by atoms with E-state index in [1.165, 1.54) is 6.21 Å². The summed E-state index contributed by atoms with van der Waals surface area (Å²) in [6.07, 6.45) is 3.16. The van der Waals surface area contributed by atoms with Crippen molar-refractivity contribution < 1.29 is 9.47 Å². The quantitative estimate of drug-likeness (QED) is 0.359. The first kappa shape index (κ1) is 15.0. The molecule has 0 aliphatic carbocycles. The highest BCUT2D eigenvalue weighted by molar-refractivity contribution is 9.10. The zero-order valence-corrected chi connectivity index (χ0v) is 12.1. The Hall–Kier alpha value is -2.02. The van der Waals surface area contributed by atoms with Crippen molar-refractivity contribution in [2.24, 2.45) is 21.7 Å². The zero-order chi connectivity index (χ0) is 14.3. The van der Waals surface area contributed by atoms with Crippen molar-refractivity contribution in [2.75, 3.05) is 13.7 Å². The van der Waals surface area contributed by atoms with Gasteiger partial charge < -0.3 is 20.9 Å². The summed E-state index contributed by atoms with van der Waals surface area (Å²) >= 11 is 3.40. The maximum absolute atomic E-state index is 5.50. The molecule has 1 aromatic carbocycles. The summed E-state index contributed by atoms with van der Waals surface area (Å²) in [5.74, 6) is 1.07. The highest BCUT2D eigenvalue weighted by Gasteiger charge is 2.10. The molecule has 0 amide bonds. The van der Waals surface area contributed by atoms with Gasteiger partial charge in [-0.2, -0.15) is 5.10 Å². The Morgan fingerprint density at radius 2 is 2.21 bits per heavy atom. The molecule has 0 saturated carbocycles. The van der Waals surface area contributed by atoms with Crippen LogP contribution in [-0.2, 0) is 0 Å². The van der Waals surface area contributed by atoms with E-state index in [1.807, 2.05) is 6.07 Å². The van der Waals surface area contributed by atoms with Crippen LogP contribution in [0.5, 0.6) is 11.5 Å². The molecule has 0 unspecified atom stereocenters. The number of guanidine groups is 1. The minimum atomic E-state index is -0.104. The van der Waals surface area contributed by atoms with Crippen molar-refractivity contribution in [1.29, 1.82) is 0 Å². The summed E-state index contributed by atoms with van der Waals surface area (Å²) in [4.78, 5) is 0. The van der Waals surface area contributed by atoms with Crippen LogP contribution in [0.15, 0.2) is 39.5 Å². The number of hydrogen-bond acceptors (Lipinski definition) is 4. The molecule has 0 fully saturated rings. The molecule has 0 bridgehead atoms.